The molecule has 76 valence electrons. The van der Waals surface area contributed by atoms with Crippen LogP contribution < -0.4 is 0 Å². The summed E-state index contributed by atoms with van der Waals surface area (Å²) in [6, 6.07) is 0. The summed E-state index contributed by atoms with van der Waals surface area (Å²) in [5.41, 5.74) is 0. The summed E-state index contributed by atoms with van der Waals surface area (Å²) in [7, 11) is 0. The Bertz CT molecular complexity index is 303. The molecule has 14 heavy (non-hydrogen) atoms. The number of halogens is 1. The fourth-order valence-electron chi connectivity index (χ4n) is 1.20. The van der Waals surface area contributed by atoms with Gasteiger partial charge < -0.3 is 14.9 Å². The molecule has 0 aliphatic carbocycles. The van der Waals surface area contributed by atoms with E-state index in [1.807, 2.05) is 0 Å². The van der Waals surface area contributed by atoms with Gasteiger partial charge >= 0.3 is 5.97 Å². The molecule has 1 aliphatic rings. The van der Waals surface area contributed by atoms with E-state index in [9.17, 15) is 9.59 Å². The van der Waals surface area contributed by atoms with E-state index in [4.69, 9.17) is 5.11 Å². The predicted octanol–water partition coefficient (Wildman–Crippen LogP) is 0.551. The topological polar surface area (TPSA) is 60.9 Å². The second-order valence-corrected chi connectivity index (χ2v) is 3.45. The lowest BCUT2D eigenvalue weighted by atomic mass is 10.4. The molecule has 5 nitrogen and oxygen atoms in total. The minimum atomic E-state index is -0.987. The second-order valence-electron chi connectivity index (χ2n) is 2.67. The molecular formula is C8H9BrN2O3. The molecule has 0 radical (unpaired) electrons. The Kier molecular flexibility index (Phi) is 3.29. The van der Waals surface area contributed by atoms with Crippen LogP contribution in [0.15, 0.2) is 25.2 Å². The van der Waals surface area contributed by atoms with Crippen LogP contribution in [0.1, 0.15) is 0 Å². The summed E-state index contributed by atoms with van der Waals surface area (Å²) in [6.45, 7) is 3.30. The number of carboxylic acids is 1. The number of carbonyl (C=O) groups is 2. The molecule has 1 N–H and O–H groups in total. The van der Waals surface area contributed by atoms with E-state index in [1.165, 1.54) is 16.0 Å². The molecule has 1 heterocycles. The molecule has 0 fully saturated rings. The van der Waals surface area contributed by atoms with Gasteiger partial charge in [0.2, 0.25) is 4.69 Å². The summed E-state index contributed by atoms with van der Waals surface area (Å²) in [6.07, 6.45) is 3.95. The summed E-state index contributed by atoms with van der Waals surface area (Å²) < 4.78 is -0.302. The van der Waals surface area contributed by atoms with Crippen LogP contribution in [-0.2, 0) is 9.59 Å². The standard InChI is InChI=1S/C8H9BrN2O3/c1-2-10-3-4-11(5-6(12)13)8(10)7(9)14/h2-4,8H,1,5H2,(H,12,13). The number of carbonyl (C=O) groups excluding carboxylic acids is 1. The highest BCUT2D eigenvalue weighted by Gasteiger charge is 2.30. The quantitative estimate of drug-likeness (QED) is 0.749. The van der Waals surface area contributed by atoms with Gasteiger partial charge in [0.25, 0.3) is 0 Å². The van der Waals surface area contributed by atoms with Gasteiger partial charge in [-0.2, -0.15) is 0 Å². The van der Waals surface area contributed by atoms with Crippen LogP contribution in [0.4, 0.5) is 0 Å². The zero-order valence-electron chi connectivity index (χ0n) is 7.26. The van der Waals surface area contributed by atoms with E-state index >= 15 is 0 Å². The van der Waals surface area contributed by atoms with Crippen LogP contribution in [0, 0.1) is 0 Å². The average Bonchev–Trinajstić information content (AvgIpc) is 2.46. The highest BCUT2D eigenvalue weighted by molar-refractivity contribution is 9.18. The fraction of sp³-hybridized carbons (Fsp3) is 0.250. The Morgan fingerprint density at radius 1 is 1.57 bits per heavy atom. The van der Waals surface area contributed by atoms with Crippen molar-refractivity contribution in [3.8, 4) is 0 Å². The first-order valence-corrected chi connectivity index (χ1v) is 4.60. The molecule has 6 heteroatoms. The van der Waals surface area contributed by atoms with E-state index < -0.39 is 12.1 Å². The second kappa shape index (κ2) is 4.28. The first-order chi connectivity index (χ1) is 6.56. The molecule has 1 rings (SSSR count). The van der Waals surface area contributed by atoms with Crippen molar-refractivity contribution in [2.45, 2.75) is 6.17 Å². The van der Waals surface area contributed by atoms with Gasteiger partial charge in [0.1, 0.15) is 6.54 Å². The molecular weight excluding hydrogens is 252 g/mol. The van der Waals surface area contributed by atoms with E-state index in [1.54, 1.807) is 12.4 Å². The maximum absolute atomic E-state index is 11.2. The minimum Gasteiger partial charge on any atom is -0.480 e. The summed E-state index contributed by atoms with van der Waals surface area (Å²) >= 11 is 2.81. The van der Waals surface area contributed by atoms with Crippen molar-refractivity contribution in [3.05, 3.63) is 25.2 Å². The van der Waals surface area contributed by atoms with Crippen LogP contribution >= 0.6 is 15.9 Å². The summed E-state index contributed by atoms with van der Waals surface area (Å²) in [5, 5.41) is 8.59. The number of rotatable bonds is 4. The molecule has 0 spiro atoms. The normalized spacial score (nSPS) is 19.9. The number of carboxylic acid groups (broad SMARTS) is 1. The molecule has 1 atom stereocenters. The first-order valence-electron chi connectivity index (χ1n) is 3.81. The van der Waals surface area contributed by atoms with Crippen molar-refractivity contribution in [1.29, 1.82) is 0 Å². The Hall–Kier alpha value is -1.30. The molecule has 1 aliphatic heterocycles. The molecule has 0 saturated carbocycles. The largest absolute Gasteiger partial charge is 0.480 e. The molecule has 0 aromatic heterocycles. The first kappa shape index (κ1) is 10.8. The maximum atomic E-state index is 11.2. The van der Waals surface area contributed by atoms with Crippen molar-refractivity contribution in [3.63, 3.8) is 0 Å². The van der Waals surface area contributed by atoms with Crippen molar-refractivity contribution in [1.82, 2.24) is 9.80 Å². The molecule has 0 aromatic rings. The lowest BCUT2D eigenvalue weighted by Crippen LogP contribution is -2.42. The highest BCUT2D eigenvalue weighted by Crippen LogP contribution is 2.18. The van der Waals surface area contributed by atoms with Gasteiger partial charge in [-0.25, -0.2) is 0 Å². The van der Waals surface area contributed by atoms with Crippen LogP contribution in [0.3, 0.4) is 0 Å². The van der Waals surface area contributed by atoms with Crippen LogP contribution in [0.25, 0.3) is 0 Å². The molecule has 0 amide bonds. The van der Waals surface area contributed by atoms with Gasteiger partial charge in [-0.3, -0.25) is 9.59 Å². The van der Waals surface area contributed by atoms with Gasteiger partial charge in [0.15, 0.2) is 6.17 Å². The Balaban J connectivity index is 2.77. The zero-order chi connectivity index (χ0) is 10.7. The van der Waals surface area contributed by atoms with Crippen molar-refractivity contribution < 1.29 is 14.7 Å². The Morgan fingerprint density at radius 2 is 2.21 bits per heavy atom. The third kappa shape index (κ3) is 2.14. The fourth-order valence-corrected chi connectivity index (χ4v) is 1.70. The predicted molar refractivity (Wildman–Crippen MR) is 53.2 cm³/mol. The van der Waals surface area contributed by atoms with Crippen molar-refractivity contribution in [2.24, 2.45) is 0 Å². The molecule has 0 aromatic carbocycles. The lowest BCUT2D eigenvalue weighted by Gasteiger charge is -2.26. The SMILES string of the molecule is C=CN1C=CN(CC(=O)O)C1C(=O)Br. The van der Waals surface area contributed by atoms with E-state index in [2.05, 4.69) is 22.5 Å². The van der Waals surface area contributed by atoms with E-state index in [0.717, 1.165) is 0 Å². The van der Waals surface area contributed by atoms with Gasteiger partial charge in [-0.1, -0.05) is 6.58 Å². The number of nitrogens with zero attached hydrogens (tertiary/aromatic N) is 2. The smallest absolute Gasteiger partial charge is 0.323 e. The van der Waals surface area contributed by atoms with Gasteiger partial charge in [-0.05, 0) is 22.1 Å². The van der Waals surface area contributed by atoms with Crippen molar-refractivity contribution in [2.75, 3.05) is 6.54 Å². The molecule has 0 bridgehead atoms. The highest BCUT2D eigenvalue weighted by atomic mass is 79.9. The summed E-state index contributed by atoms with van der Waals surface area (Å²) in [4.78, 5) is 24.6. The Morgan fingerprint density at radius 3 is 2.64 bits per heavy atom. The third-order valence-corrected chi connectivity index (χ3v) is 2.17. The zero-order valence-corrected chi connectivity index (χ0v) is 8.85. The third-order valence-electron chi connectivity index (χ3n) is 1.76. The lowest BCUT2D eigenvalue weighted by molar-refractivity contribution is -0.138. The maximum Gasteiger partial charge on any atom is 0.323 e. The number of hydrogen-bond donors (Lipinski definition) is 1. The Labute approximate surface area is 89.4 Å². The van der Waals surface area contributed by atoms with Gasteiger partial charge in [0.05, 0.1) is 0 Å². The number of aliphatic carboxylic acids is 1. The van der Waals surface area contributed by atoms with E-state index in [-0.39, 0.29) is 11.2 Å². The molecule has 0 saturated heterocycles. The summed E-state index contributed by atoms with van der Waals surface area (Å²) in [5.74, 6) is -0.987. The monoisotopic (exact) mass is 260 g/mol. The van der Waals surface area contributed by atoms with E-state index in [0.29, 0.717) is 0 Å². The van der Waals surface area contributed by atoms with Gasteiger partial charge in [0, 0.05) is 12.4 Å². The minimum absolute atomic E-state index is 0.219. The van der Waals surface area contributed by atoms with Crippen LogP contribution in [-0.4, -0.2) is 38.3 Å². The average molecular weight is 261 g/mol. The number of hydrogen-bond acceptors (Lipinski definition) is 4. The molecule has 1 unspecified atom stereocenters. The van der Waals surface area contributed by atoms with Gasteiger partial charge in [-0.15, -0.1) is 0 Å². The van der Waals surface area contributed by atoms with Crippen LogP contribution in [0.5, 0.6) is 0 Å². The van der Waals surface area contributed by atoms with Crippen molar-refractivity contribution >= 4 is 26.6 Å². The van der Waals surface area contributed by atoms with Crippen LogP contribution in [0.2, 0.25) is 0 Å².